The molecule has 118 valence electrons. The fourth-order valence-electron chi connectivity index (χ4n) is 2.13. The zero-order valence-electron chi connectivity index (χ0n) is 12.0. The smallest absolute Gasteiger partial charge is 0.308 e. The van der Waals surface area contributed by atoms with E-state index in [0.29, 0.717) is 23.9 Å². The largest absolute Gasteiger partial charge is 0.469 e. The molecule has 0 saturated carbocycles. The molecule has 1 aliphatic rings. The predicted molar refractivity (Wildman–Crippen MR) is 82.8 cm³/mol. The molecule has 22 heavy (non-hydrogen) atoms. The molecular formula is C14H16FN3O3S. The van der Waals surface area contributed by atoms with Crippen LogP contribution >= 0.6 is 12.2 Å². The Morgan fingerprint density at radius 1 is 1.50 bits per heavy atom. The highest BCUT2D eigenvalue weighted by molar-refractivity contribution is 7.80. The second kappa shape index (κ2) is 7.17. The number of carbonyl (C=O) groups is 2. The molecule has 1 aromatic carbocycles. The van der Waals surface area contributed by atoms with Gasteiger partial charge in [0.2, 0.25) is 5.91 Å². The van der Waals surface area contributed by atoms with Crippen molar-refractivity contribution in [2.75, 3.05) is 25.5 Å². The van der Waals surface area contributed by atoms with Gasteiger partial charge in [-0.3, -0.25) is 9.59 Å². The molecule has 1 aromatic rings. The summed E-state index contributed by atoms with van der Waals surface area (Å²) in [5.74, 6) is -1.12. The Morgan fingerprint density at radius 3 is 2.82 bits per heavy atom. The van der Waals surface area contributed by atoms with Crippen molar-refractivity contribution in [3.05, 3.63) is 30.1 Å². The molecule has 2 N–H and O–H groups in total. The number of ether oxygens (including phenoxy) is 1. The normalized spacial score (nSPS) is 17.6. The third-order valence-electron chi connectivity index (χ3n) is 3.27. The number of halogens is 1. The van der Waals surface area contributed by atoms with E-state index >= 15 is 0 Å². The molecule has 0 aromatic heterocycles. The van der Waals surface area contributed by atoms with Crippen LogP contribution in [0.15, 0.2) is 24.3 Å². The van der Waals surface area contributed by atoms with Crippen LogP contribution in [-0.2, 0) is 14.3 Å². The van der Waals surface area contributed by atoms with Gasteiger partial charge in [0.25, 0.3) is 0 Å². The lowest BCUT2D eigenvalue weighted by molar-refractivity contribution is -0.144. The fraction of sp³-hybridized carbons (Fsp3) is 0.357. The highest BCUT2D eigenvalue weighted by atomic mass is 32.1. The van der Waals surface area contributed by atoms with Gasteiger partial charge >= 0.3 is 5.97 Å². The van der Waals surface area contributed by atoms with Gasteiger partial charge in [-0.15, -0.1) is 0 Å². The first-order valence-corrected chi connectivity index (χ1v) is 7.10. The highest BCUT2D eigenvalue weighted by Gasteiger charge is 2.33. The van der Waals surface area contributed by atoms with Crippen LogP contribution in [0.5, 0.6) is 0 Å². The van der Waals surface area contributed by atoms with Crippen molar-refractivity contribution in [2.24, 2.45) is 0 Å². The van der Waals surface area contributed by atoms with Crippen molar-refractivity contribution in [3.8, 4) is 0 Å². The van der Waals surface area contributed by atoms with E-state index in [4.69, 9.17) is 12.2 Å². The second-order valence-corrected chi connectivity index (χ2v) is 5.10. The number of benzene rings is 1. The van der Waals surface area contributed by atoms with E-state index in [-0.39, 0.29) is 18.1 Å². The topological polar surface area (TPSA) is 70.7 Å². The van der Waals surface area contributed by atoms with Crippen molar-refractivity contribution >= 4 is 34.9 Å². The van der Waals surface area contributed by atoms with E-state index in [1.54, 1.807) is 17.0 Å². The number of esters is 1. The second-order valence-electron chi connectivity index (χ2n) is 4.72. The maximum Gasteiger partial charge on any atom is 0.308 e. The van der Waals surface area contributed by atoms with Crippen molar-refractivity contribution in [1.29, 1.82) is 0 Å². The van der Waals surface area contributed by atoms with Crippen LogP contribution in [0.2, 0.25) is 0 Å². The van der Waals surface area contributed by atoms with Gasteiger partial charge < -0.3 is 20.3 Å². The third-order valence-corrected chi connectivity index (χ3v) is 3.61. The first-order valence-electron chi connectivity index (χ1n) is 6.69. The lowest BCUT2D eigenvalue weighted by Gasteiger charge is -2.36. The van der Waals surface area contributed by atoms with Gasteiger partial charge in [-0.05, 0) is 36.5 Å². The van der Waals surface area contributed by atoms with Crippen molar-refractivity contribution in [3.63, 3.8) is 0 Å². The van der Waals surface area contributed by atoms with Gasteiger partial charge in [0.1, 0.15) is 11.9 Å². The van der Waals surface area contributed by atoms with E-state index < -0.39 is 12.0 Å². The van der Waals surface area contributed by atoms with Crippen molar-refractivity contribution < 1.29 is 18.7 Å². The molecule has 1 aliphatic heterocycles. The number of carbonyl (C=O) groups excluding carboxylic acids is 2. The molecule has 1 fully saturated rings. The van der Waals surface area contributed by atoms with Crippen LogP contribution in [0, 0.1) is 5.82 Å². The van der Waals surface area contributed by atoms with Gasteiger partial charge in [-0.25, -0.2) is 4.39 Å². The SMILES string of the molecule is COC(=O)C[C@H]1C(=O)NCCN1C(=S)Nc1ccc(F)cc1. The standard InChI is InChI=1S/C14H16FN3O3S/c1-21-12(19)8-11-13(20)16-6-7-18(11)14(22)17-10-4-2-9(15)3-5-10/h2-5,11H,6-8H2,1H3,(H,16,20)(H,17,22)/t11-/m0/s1. The number of hydrogen-bond donors (Lipinski definition) is 2. The number of thiocarbonyl (C=S) groups is 1. The first-order chi connectivity index (χ1) is 10.5. The van der Waals surface area contributed by atoms with E-state index in [0.717, 1.165) is 0 Å². The van der Waals surface area contributed by atoms with Crippen LogP contribution in [0.3, 0.4) is 0 Å². The van der Waals surface area contributed by atoms with Crippen LogP contribution in [-0.4, -0.2) is 48.1 Å². The van der Waals surface area contributed by atoms with Crippen molar-refractivity contribution in [2.45, 2.75) is 12.5 Å². The monoisotopic (exact) mass is 325 g/mol. The Labute approximate surface area is 132 Å². The van der Waals surface area contributed by atoms with Crippen LogP contribution in [0.4, 0.5) is 10.1 Å². The lowest BCUT2D eigenvalue weighted by atomic mass is 10.1. The molecule has 1 amide bonds. The number of rotatable bonds is 3. The number of nitrogens with zero attached hydrogens (tertiary/aromatic N) is 1. The average molecular weight is 325 g/mol. The molecule has 8 heteroatoms. The summed E-state index contributed by atoms with van der Waals surface area (Å²) in [6.07, 6.45) is -0.0897. The number of anilines is 1. The molecule has 0 unspecified atom stereocenters. The lowest BCUT2D eigenvalue weighted by Crippen LogP contribution is -2.58. The first kappa shape index (κ1) is 16.2. The van der Waals surface area contributed by atoms with E-state index in [9.17, 15) is 14.0 Å². The van der Waals surface area contributed by atoms with Crippen molar-refractivity contribution in [1.82, 2.24) is 10.2 Å². The van der Waals surface area contributed by atoms with Gasteiger partial charge in [0.05, 0.1) is 13.5 Å². The van der Waals surface area contributed by atoms with E-state index in [1.807, 2.05) is 0 Å². The summed E-state index contributed by atoms with van der Waals surface area (Å²) in [7, 11) is 1.27. The van der Waals surface area contributed by atoms with Gasteiger partial charge in [0, 0.05) is 18.8 Å². The number of hydrogen-bond acceptors (Lipinski definition) is 4. The molecule has 1 atom stereocenters. The molecule has 2 rings (SSSR count). The molecule has 1 heterocycles. The summed E-state index contributed by atoms with van der Waals surface area (Å²) in [5.41, 5.74) is 0.606. The van der Waals surface area contributed by atoms with Gasteiger partial charge in [-0.1, -0.05) is 0 Å². The Balaban J connectivity index is 2.09. The van der Waals surface area contributed by atoms with Crippen LogP contribution in [0.25, 0.3) is 0 Å². The summed E-state index contributed by atoms with van der Waals surface area (Å²) in [6.45, 7) is 0.905. The molecule has 6 nitrogen and oxygen atoms in total. The van der Waals surface area contributed by atoms with E-state index in [1.165, 1.54) is 19.2 Å². The number of amides is 1. The minimum atomic E-state index is -0.721. The summed E-state index contributed by atoms with van der Waals surface area (Å²) < 4.78 is 17.5. The quantitative estimate of drug-likeness (QED) is 0.635. The fourth-order valence-corrected chi connectivity index (χ4v) is 2.47. The minimum absolute atomic E-state index is 0.0897. The maximum absolute atomic E-state index is 12.9. The predicted octanol–water partition coefficient (Wildman–Crippen LogP) is 0.886. The summed E-state index contributed by atoms with van der Waals surface area (Å²) >= 11 is 5.30. The molecule has 0 aliphatic carbocycles. The Kier molecular flexibility index (Phi) is 5.26. The van der Waals surface area contributed by atoms with E-state index in [2.05, 4.69) is 15.4 Å². The Morgan fingerprint density at radius 2 is 2.18 bits per heavy atom. The summed E-state index contributed by atoms with van der Waals surface area (Å²) in [5, 5.41) is 5.93. The third kappa shape index (κ3) is 3.91. The molecule has 0 spiro atoms. The van der Waals surface area contributed by atoms with Gasteiger partial charge in [0.15, 0.2) is 5.11 Å². The average Bonchev–Trinajstić information content (AvgIpc) is 2.51. The number of piperazine rings is 1. The Bertz CT molecular complexity index is 579. The van der Waals surface area contributed by atoms with Crippen LogP contribution < -0.4 is 10.6 Å². The zero-order chi connectivity index (χ0) is 16.1. The number of nitrogens with one attached hydrogen (secondary N) is 2. The maximum atomic E-state index is 12.9. The Hall–Kier alpha value is -2.22. The van der Waals surface area contributed by atoms with Crippen LogP contribution in [0.1, 0.15) is 6.42 Å². The summed E-state index contributed by atoms with van der Waals surface area (Å²) in [6, 6.07) is 4.98. The highest BCUT2D eigenvalue weighted by Crippen LogP contribution is 2.14. The molecule has 0 radical (unpaired) electrons. The molecular weight excluding hydrogens is 309 g/mol. The molecule has 0 bridgehead atoms. The molecule has 1 saturated heterocycles. The van der Waals surface area contributed by atoms with Gasteiger partial charge in [-0.2, -0.15) is 0 Å². The summed E-state index contributed by atoms with van der Waals surface area (Å²) in [4.78, 5) is 25.0. The zero-order valence-corrected chi connectivity index (χ0v) is 12.8. The number of methoxy groups -OCH3 is 1. The minimum Gasteiger partial charge on any atom is -0.469 e.